The van der Waals surface area contributed by atoms with E-state index in [0.717, 1.165) is 0 Å². The van der Waals surface area contributed by atoms with Crippen molar-refractivity contribution < 1.29 is 14.3 Å². The molecular weight excluding hydrogens is 232 g/mol. The van der Waals surface area contributed by atoms with E-state index >= 15 is 0 Å². The molecule has 1 atom stereocenters. The lowest BCUT2D eigenvalue weighted by Gasteiger charge is -2.39. The molecular formula is C13H28N2O3. The third-order valence-electron chi connectivity index (χ3n) is 3.21. The van der Waals surface area contributed by atoms with Crippen molar-refractivity contribution in [1.29, 1.82) is 0 Å². The van der Waals surface area contributed by atoms with Gasteiger partial charge < -0.3 is 20.5 Å². The molecule has 0 radical (unpaired) electrons. The third kappa shape index (κ3) is 6.21. The lowest BCUT2D eigenvalue weighted by molar-refractivity contribution is -0.113. The Bertz CT molecular complexity index is 259. The lowest BCUT2D eigenvalue weighted by Crippen LogP contribution is -2.42. The van der Waals surface area contributed by atoms with Gasteiger partial charge in [0.05, 0.1) is 12.2 Å². The van der Waals surface area contributed by atoms with Crippen LogP contribution in [0.25, 0.3) is 0 Å². The van der Waals surface area contributed by atoms with Gasteiger partial charge in [-0.3, -0.25) is 0 Å². The maximum atomic E-state index is 11.3. The molecule has 0 saturated carbocycles. The molecule has 5 heteroatoms. The zero-order chi connectivity index (χ0) is 14.4. The van der Waals surface area contributed by atoms with Gasteiger partial charge in [0.1, 0.15) is 6.10 Å². The SMILES string of the molecule is CC(COC(C)(C)C(C)(C)C)OC(=O)NCCN. The Morgan fingerprint density at radius 1 is 1.28 bits per heavy atom. The molecule has 0 heterocycles. The first-order valence-corrected chi connectivity index (χ1v) is 6.38. The first kappa shape index (κ1) is 17.2. The molecule has 3 N–H and O–H groups in total. The molecule has 0 aromatic carbocycles. The summed E-state index contributed by atoms with van der Waals surface area (Å²) in [5.74, 6) is 0. The Balaban J connectivity index is 4.04. The largest absolute Gasteiger partial charge is 0.444 e. The molecule has 0 fully saturated rings. The summed E-state index contributed by atoms with van der Waals surface area (Å²) in [5, 5.41) is 2.55. The van der Waals surface area contributed by atoms with Crippen LogP contribution in [0.2, 0.25) is 0 Å². The van der Waals surface area contributed by atoms with Crippen molar-refractivity contribution >= 4 is 6.09 Å². The fourth-order valence-corrected chi connectivity index (χ4v) is 0.975. The van der Waals surface area contributed by atoms with E-state index in [2.05, 4.69) is 26.1 Å². The number of nitrogens with one attached hydrogen (secondary N) is 1. The number of amides is 1. The van der Waals surface area contributed by atoms with Gasteiger partial charge in [-0.2, -0.15) is 0 Å². The third-order valence-corrected chi connectivity index (χ3v) is 3.21. The van der Waals surface area contributed by atoms with E-state index in [1.54, 1.807) is 6.92 Å². The van der Waals surface area contributed by atoms with Crippen LogP contribution in [0, 0.1) is 5.41 Å². The van der Waals surface area contributed by atoms with E-state index in [0.29, 0.717) is 19.7 Å². The molecule has 18 heavy (non-hydrogen) atoms. The summed E-state index contributed by atoms with van der Waals surface area (Å²) < 4.78 is 11.0. The second-order valence-corrected chi connectivity index (χ2v) is 6.00. The summed E-state index contributed by atoms with van der Waals surface area (Å²) in [6.07, 6.45) is -0.741. The molecule has 0 aliphatic rings. The average molecular weight is 260 g/mol. The molecule has 0 spiro atoms. The summed E-state index contributed by atoms with van der Waals surface area (Å²) in [6.45, 7) is 13.4. The van der Waals surface area contributed by atoms with Crippen molar-refractivity contribution in [1.82, 2.24) is 5.32 Å². The Labute approximate surface area is 110 Å². The highest BCUT2D eigenvalue weighted by Gasteiger charge is 2.34. The minimum Gasteiger partial charge on any atom is -0.444 e. The number of ether oxygens (including phenoxy) is 2. The van der Waals surface area contributed by atoms with Crippen molar-refractivity contribution in [3.63, 3.8) is 0 Å². The van der Waals surface area contributed by atoms with E-state index < -0.39 is 6.09 Å². The van der Waals surface area contributed by atoms with Crippen molar-refractivity contribution in [2.75, 3.05) is 19.7 Å². The smallest absolute Gasteiger partial charge is 0.407 e. The van der Waals surface area contributed by atoms with Gasteiger partial charge in [-0.05, 0) is 26.2 Å². The number of rotatable bonds is 6. The molecule has 0 aliphatic heterocycles. The average Bonchev–Trinajstić information content (AvgIpc) is 2.22. The molecule has 0 bridgehead atoms. The number of nitrogens with two attached hydrogens (primary N) is 1. The molecule has 0 aliphatic carbocycles. The summed E-state index contributed by atoms with van der Waals surface area (Å²) in [4.78, 5) is 11.3. The zero-order valence-corrected chi connectivity index (χ0v) is 12.5. The second kappa shape index (κ2) is 6.95. The monoisotopic (exact) mass is 260 g/mol. The summed E-state index contributed by atoms with van der Waals surface area (Å²) in [5.41, 5.74) is 5.02. The van der Waals surface area contributed by atoms with Gasteiger partial charge in [0.15, 0.2) is 0 Å². The highest BCUT2D eigenvalue weighted by molar-refractivity contribution is 5.67. The highest BCUT2D eigenvalue weighted by Crippen LogP contribution is 2.32. The molecule has 0 rings (SSSR count). The van der Waals surface area contributed by atoms with Crippen LogP contribution >= 0.6 is 0 Å². The van der Waals surface area contributed by atoms with E-state index in [1.165, 1.54) is 0 Å². The number of alkyl carbamates (subject to hydrolysis) is 1. The van der Waals surface area contributed by atoms with Gasteiger partial charge in [0, 0.05) is 13.1 Å². The van der Waals surface area contributed by atoms with Crippen molar-refractivity contribution in [2.45, 2.75) is 53.2 Å². The quantitative estimate of drug-likeness (QED) is 0.765. The van der Waals surface area contributed by atoms with Crippen LogP contribution < -0.4 is 11.1 Å². The Kier molecular flexibility index (Phi) is 6.63. The minimum absolute atomic E-state index is 0.0223. The van der Waals surface area contributed by atoms with Crippen LogP contribution in [0.15, 0.2) is 0 Å². The Morgan fingerprint density at radius 2 is 1.83 bits per heavy atom. The minimum atomic E-state index is -0.454. The molecule has 0 saturated heterocycles. The van der Waals surface area contributed by atoms with E-state index in [1.807, 2.05) is 13.8 Å². The molecule has 5 nitrogen and oxygen atoms in total. The first-order valence-electron chi connectivity index (χ1n) is 6.38. The van der Waals surface area contributed by atoms with Crippen molar-refractivity contribution in [3.8, 4) is 0 Å². The highest BCUT2D eigenvalue weighted by atomic mass is 16.6. The predicted molar refractivity (Wildman–Crippen MR) is 72.5 cm³/mol. The number of hydrogen-bond acceptors (Lipinski definition) is 4. The predicted octanol–water partition coefficient (Wildman–Crippen LogP) is 1.90. The standard InChI is InChI=1S/C13H28N2O3/c1-10(18-11(16)15-8-7-14)9-17-13(5,6)12(2,3)4/h10H,7-9,14H2,1-6H3,(H,15,16). The van der Waals surface area contributed by atoms with Crippen molar-refractivity contribution in [3.05, 3.63) is 0 Å². The normalized spacial score (nSPS) is 14.2. The molecule has 1 amide bonds. The molecule has 0 aromatic rings. The van der Waals surface area contributed by atoms with Crippen molar-refractivity contribution in [2.24, 2.45) is 11.1 Å². The van der Waals surface area contributed by atoms with Gasteiger partial charge in [0.2, 0.25) is 0 Å². The number of hydrogen-bond donors (Lipinski definition) is 2. The van der Waals surface area contributed by atoms with Gasteiger partial charge >= 0.3 is 6.09 Å². The number of carbonyl (C=O) groups is 1. The summed E-state index contributed by atoms with van der Waals surface area (Å²) >= 11 is 0. The fraction of sp³-hybridized carbons (Fsp3) is 0.923. The summed E-state index contributed by atoms with van der Waals surface area (Å²) in [7, 11) is 0. The lowest BCUT2D eigenvalue weighted by atomic mass is 9.79. The van der Waals surface area contributed by atoms with Gasteiger partial charge in [-0.1, -0.05) is 20.8 Å². The second-order valence-electron chi connectivity index (χ2n) is 6.00. The van der Waals surface area contributed by atoms with E-state index in [4.69, 9.17) is 15.2 Å². The summed E-state index contributed by atoms with van der Waals surface area (Å²) in [6, 6.07) is 0. The van der Waals surface area contributed by atoms with Gasteiger partial charge in [0.25, 0.3) is 0 Å². The van der Waals surface area contributed by atoms with Gasteiger partial charge in [-0.25, -0.2) is 4.79 Å². The van der Waals surface area contributed by atoms with Crippen LogP contribution in [0.4, 0.5) is 4.79 Å². The topological polar surface area (TPSA) is 73.6 Å². The van der Waals surface area contributed by atoms with Crippen LogP contribution in [0.3, 0.4) is 0 Å². The molecule has 1 unspecified atom stereocenters. The van der Waals surface area contributed by atoms with Crippen LogP contribution in [0.5, 0.6) is 0 Å². The molecule has 0 aromatic heterocycles. The fourth-order valence-electron chi connectivity index (χ4n) is 0.975. The first-order chi connectivity index (χ1) is 8.10. The Morgan fingerprint density at radius 3 is 2.28 bits per heavy atom. The maximum Gasteiger partial charge on any atom is 0.407 e. The Hall–Kier alpha value is -0.810. The van der Waals surface area contributed by atoms with Crippen LogP contribution in [0.1, 0.15) is 41.5 Å². The van der Waals surface area contributed by atoms with Crippen LogP contribution in [-0.4, -0.2) is 37.5 Å². The maximum absolute atomic E-state index is 11.3. The zero-order valence-electron chi connectivity index (χ0n) is 12.5. The molecule has 108 valence electrons. The van der Waals surface area contributed by atoms with Crippen LogP contribution in [-0.2, 0) is 9.47 Å². The van der Waals surface area contributed by atoms with Gasteiger partial charge in [-0.15, -0.1) is 0 Å². The van der Waals surface area contributed by atoms with E-state index in [9.17, 15) is 4.79 Å². The van der Waals surface area contributed by atoms with E-state index in [-0.39, 0.29) is 17.1 Å². The number of carbonyl (C=O) groups excluding carboxylic acids is 1.